The first-order valence-corrected chi connectivity index (χ1v) is 8.13. The third-order valence-corrected chi connectivity index (χ3v) is 3.74. The van der Waals surface area contributed by atoms with E-state index < -0.39 is 0 Å². The Morgan fingerprint density at radius 2 is 2.14 bits per heavy atom. The quantitative estimate of drug-likeness (QED) is 0.874. The highest BCUT2D eigenvalue weighted by atomic mass is 16.5. The van der Waals surface area contributed by atoms with Crippen molar-refractivity contribution < 1.29 is 4.52 Å². The molecule has 1 aliphatic rings. The molecular weight excluding hydrogens is 264 g/mol. The first-order valence-electron chi connectivity index (χ1n) is 8.13. The van der Waals surface area contributed by atoms with Crippen LogP contribution in [0.5, 0.6) is 0 Å². The first-order chi connectivity index (χ1) is 9.84. The van der Waals surface area contributed by atoms with Gasteiger partial charge in [0.25, 0.3) is 0 Å². The van der Waals surface area contributed by atoms with E-state index in [1.807, 2.05) is 0 Å². The number of hydrogen-bond acceptors (Lipinski definition) is 5. The van der Waals surface area contributed by atoms with Gasteiger partial charge in [-0.05, 0) is 25.3 Å². The molecule has 1 saturated heterocycles. The lowest BCUT2D eigenvalue weighted by molar-refractivity contribution is 0.208. The van der Waals surface area contributed by atoms with E-state index in [1.54, 1.807) is 0 Å². The van der Waals surface area contributed by atoms with Gasteiger partial charge in [-0.15, -0.1) is 0 Å². The van der Waals surface area contributed by atoms with Crippen LogP contribution in [0.2, 0.25) is 0 Å². The summed E-state index contributed by atoms with van der Waals surface area (Å²) in [4.78, 5) is 7.01. The van der Waals surface area contributed by atoms with Gasteiger partial charge in [0.2, 0.25) is 5.89 Å². The zero-order valence-electron chi connectivity index (χ0n) is 14.1. The molecule has 5 nitrogen and oxygen atoms in total. The molecule has 0 saturated carbocycles. The van der Waals surface area contributed by atoms with E-state index in [0.717, 1.165) is 37.9 Å². The molecule has 0 amide bonds. The molecule has 5 heteroatoms. The molecule has 1 aromatic heterocycles. The number of nitrogens with zero attached hydrogens (tertiary/aromatic N) is 3. The minimum absolute atomic E-state index is 0.0822. The standard InChI is InChI=1S/C16H30N4O/c1-12(2)9-20(10-13-7-6-8-17-13)11-14-18-15(21-19-14)16(3,4)5/h12-13,17H,6-11H2,1-5H3. The maximum absolute atomic E-state index is 5.40. The largest absolute Gasteiger partial charge is 0.339 e. The third kappa shape index (κ3) is 5.08. The normalized spacial score (nSPS) is 19.9. The van der Waals surface area contributed by atoms with Crippen molar-refractivity contribution in [2.45, 2.75) is 65.5 Å². The predicted molar refractivity (Wildman–Crippen MR) is 84.1 cm³/mol. The summed E-state index contributed by atoms with van der Waals surface area (Å²) in [6.07, 6.45) is 2.56. The second-order valence-electron chi connectivity index (χ2n) is 7.65. The molecule has 2 heterocycles. The van der Waals surface area contributed by atoms with Crippen LogP contribution < -0.4 is 5.32 Å². The average Bonchev–Trinajstić information content (AvgIpc) is 2.98. The van der Waals surface area contributed by atoms with Gasteiger partial charge in [-0.3, -0.25) is 4.90 Å². The van der Waals surface area contributed by atoms with Gasteiger partial charge in [0.05, 0.1) is 6.54 Å². The summed E-state index contributed by atoms with van der Waals surface area (Å²) in [5.74, 6) is 2.17. The van der Waals surface area contributed by atoms with Crippen LogP contribution in [0.15, 0.2) is 4.52 Å². The number of aromatic nitrogens is 2. The van der Waals surface area contributed by atoms with Gasteiger partial charge in [0.15, 0.2) is 5.82 Å². The minimum atomic E-state index is -0.0822. The molecule has 1 unspecified atom stereocenters. The summed E-state index contributed by atoms with van der Waals surface area (Å²) in [5.41, 5.74) is -0.0822. The Kier molecular flexibility index (Phi) is 5.38. The van der Waals surface area contributed by atoms with Crippen molar-refractivity contribution in [1.29, 1.82) is 0 Å². The summed E-state index contributed by atoms with van der Waals surface area (Å²) in [7, 11) is 0. The Bertz CT molecular complexity index is 430. The highest BCUT2D eigenvalue weighted by Crippen LogP contribution is 2.20. The lowest BCUT2D eigenvalue weighted by Crippen LogP contribution is -2.39. The molecule has 0 aromatic carbocycles. The maximum atomic E-state index is 5.40. The summed E-state index contributed by atoms with van der Waals surface area (Å²) in [6, 6.07) is 0.609. The molecule has 0 radical (unpaired) electrons. The van der Waals surface area contributed by atoms with Crippen LogP contribution in [0.25, 0.3) is 0 Å². The van der Waals surface area contributed by atoms with Crippen molar-refractivity contribution in [3.63, 3.8) is 0 Å². The SMILES string of the molecule is CC(C)CN(Cc1noc(C(C)(C)C)n1)CC1CCCN1. The fourth-order valence-electron chi connectivity index (χ4n) is 2.77. The Balaban J connectivity index is 1.98. The van der Waals surface area contributed by atoms with E-state index in [4.69, 9.17) is 4.52 Å². The van der Waals surface area contributed by atoms with Crippen LogP contribution in [0.3, 0.4) is 0 Å². The van der Waals surface area contributed by atoms with Crippen molar-refractivity contribution in [3.05, 3.63) is 11.7 Å². The Morgan fingerprint density at radius 3 is 2.67 bits per heavy atom. The Morgan fingerprint density at radius 1 is 1.38 bits per heavy atom. The summed E-state index contributed by atoms with van der Waals surface area (Å²) < 4.78 is 5.40. The van der Waals surface area contributed by atoms with Gasteiger partial charge in [-0.1, -0.05) is 39.8 Å². The van der Waals surface area contributed by atoms with Crippen molar-refractivity contribution in [2.24, 2.45) is 5.92 Å². The molecule has 0 aliphatic carbocycles. The molecule has 2 rings (SSSR count). The maximum Gasteiger partial charge on any atom is 0.232 e. The Labute approximate surface area is 128 Å². The van der Waals surface area contributed by atoms with Gasteiger partial charge in [-0.25, -0.2) is 0 Å². The first kappa shape index (κ1) is 16.4. The fourth-order valence-corrected chi connectivity index (χ4v) is 2.77. The summed E-state index contributed by atoms with van der Waals surface area (Å²) in [5, 5.41) is 7.73. The highest BCUT2D eigenvalue weighted by molar-refractivity contribution is 4.98. The smallest absolute Gasteiger partial charge is 0.232 e. The molecule has 120 valence electrons. The van der Waals surface area contributed by atoms with E-state index in [-0.39, 0.29) is 5.41 Å². The molecule has 1 aliphatic heterocycles. The zero-order valence-corrected chi connectivity index (χ0v) is 14.1. The minimum Gasteiger partial charge on any atom is -0.339 e. The van der Waals surface area contributed by atoms with E-state index in [1.165, 1.54) is 12.8 Å². The molecular formula is C16H30N4O. The molecule has 1 fully saturated rings. The molecule has 1 N–H and O–H groups in total. The fraction of sp³-hybridized carbons (Fsp3) is 0.875. The van der Waals surface area contributed by atoms with Crippen LogP contribution in [0.1, 0.15) is 59.2 Å². The second kappa shape index (κ2) is 6.88. The van der Waals surface area contributed by atoms with Gasteiger partial charge in [0, 0.05) is 24.5 Å². The third-order valence-electron chi connectivity index (χ3n) is 3.74. The van der Waals surface area contributed by atoms with Gasteiger partial charge in [0.1, 0.15) is 0 Å². The lowest BCUT2D eigenvalue weighted by atomic mass is 9.97. The highest BCUT2D eigenvalue weighted by Gasteiger charge is 2.24. The topological polar surface area (TPSA) is 54.2 Å². The average molecular weight is 294 g/mol. The lowest BCUT2D eigenvalue weighted by Gasteiger charge is -2.26. The van der Waals surface area contributed by atoms with E-state index in [2.05, 4.69) is 55.0 Å². The number of hydrogen-bond donors (Lipinski definition) is 1. The van der Waals surface area contributed by atoms with E-state index in [9.17, 15) is 0 Å². The molecule has 0 bridgehead atoms. The summed E-state index contributed by atoms with van der Waals surface area (Å²) in [6.45, 7) is 14.9. The van der Waals surface area contributed by atoms with Crippen molar-refractivity contribution in [1.82, 2.24) is 20.4 Å². The predicted octanol–water partition coefficient (Wildman–Crippen LogP) is 2.58. The van der Waals surface area contributed by atoms with E-state index >= 15 is 0 Å². The van der Waals surface area contributed by atoms with Crippen LogP contribution in [0, 0.1) is 5.92 Å². The van der Waals surface area contributed by atoms with Crippen molar-refractivity contribution >= 4 is 0 Å². The zero-order chi connectivity index (χ0) is 15.5. The number of nitrogens with one attached hydrogen (secondary N) is 1. The summed E-state index contributed by atoms with van der Waals surface area (Å²) >= 11 is 0. The van der Waals surface area contributed by atoms with Gasteiger partial charge >= 0.3 is 0 Å². The molecule has 21 heavy (non-hydrogen) atoms. The van der Waals surface area contributed by atoms with Crippen LogP contribution in [0.4, 0.5) is 0 Å². The van der Waals surface area contributed by atoms with Crippen LogP contribution in [-0.4, -0.2) is 40.7 Å². The Hall–Kier alpha value is -0.940. The van der Waals surface area contributed by atoms with Crippen LogP contribution in [-0.2, 0) is 12.0 Å². The second-order valence-corrected chi connectivity index (χ2v) is 7.65. The van der Waals surface area contributed by atoms with Crippen LogP contribution >= 0.6 is 0 Å². The molecule has 1 aromatic rings. The molecule has 0 spiro atoms. The van der Waals surface area contributed by atoms with Gasteiger partial charge in [-0.2, -0.15) is 4.98 Å². The van der Waals surface area contributed by atoms with Gasteiger partial charge < -0.3 is 9.84 Å². The number of rotatable bonds is 6. The monoisotopic (exact) mass is 294 g/mol. The molecule has 1 atom stereocenters. The van der Waals surface area contributed by atoms with E-state index in [0.29, 0.717) is 12.0 Å². The van der Waals surface area contributed by atoms with Crippen molar-refractivity contribution in [3.8, 4) is 0 Å². The van der Waals surface area contributed by atoms with Crippen molar-refractivity contribution in [2.75, 3.05) is 19.6 Å².